The highest BCUT2D eigenvalue weighted by molar-refractivity contribution is 7.89. The number of hydrogen-bond acceptors (Lipinski definition) is 5. The van der Waals surface area contributed by atoms with Crippen molar-refractivity contribution >= 4 is 21.6 Å². The Labute approximate surface area is 194 Å². The molecule has 0 atom stereocenters. The summed E-state index contributed by atoms with van der Waals surface area (Å²) in [6, 6.07) is 11.0. The highest BCUT2D eigenvalue weighted by Gasteiger charge is 2.28. The predicted molar refractivity (Wildman–Crippen MR) is 125 cm³/mol. The van der Waals surface area contributed by atoms with E-state index in [9.17, 15) is 17.6 Å². The molecule has 2 fully saturated rings. The lowest BCUT2D eigenvalue weighted by atomic mass is 9.96. The number of piperazine rings is 1. The number of nitrogens with zero attached hydrogens (tertiary/aromatic N) is 2. The maximum atomic E-state index is 14.1. The molecule has 4 rings (SSSR count). The van der Waals surface area contributed by atoms with E-state index in [1.165, 1.54) is 25.3 Å². The third kappa shape index (κ3) is 5.30. The molecule has 1 saturated carbocycles. The topological polar surface area (TPSA) is 79.0 Å². The summed E-state index contributed by atoms with van der Waals surface area (Å²) in [5.74, 6) is -0.327. The molecule has 7 nitrogen and oxygen atoms in total. The van der Waals surface area contributed by atoms with Gasteiger partial charge in [0.15, 0.2) is 0 Å². The van der Waals surface area contributed by atoms with E-state index in [4.69, 9.17) is 4.74 Å². The molecule has 33 heavy (non-hydrogen) atoms. The van der Waals surface area contributed by atoms with Gasteiger partial charge >= 0.3 is 0 Å². The molecule has 178 valence electrons. The predicted octanol–water partition coefficient (Wildman–Crippen LogP) is 3.41. The van der Waals surface area contributed by atoms with Gasteiger partial charge in [0.05, 0.1) is 12.8 Å². The normalized spacial score (nSPS) is 17.8. The van der Waals surface area contributed by atoms with Gasteiger partial charge in [0.25, 0.3) is 5.91 Å². The van der Waals surface area contributed by atoms with Crippen LogP contribution in [0, 0.1) is 5.82 Å². The first kappa shape index (κ1) is 23.5. The summed E-state index contributed by atoms with van der Waals surface area (Å²) in [7, 11) is -2.42. The molecule has 2 aromatic carbocycles. The summed E-state index contributed by atoms with van der Waals surface area (Å²) < 4.78 is 48.4. The smallest absolute Gasteiger partial charge is 0.254 e. The summed E-state index contributed by atoms with van der Waals surface area (Å²) in [6.07, 6.45) is 4.75. The molecule has 1 aliphatic carbocycles. The zero-order valence-electron chi connectivity index (χ0n) is 18.8. The van der Waals surface area contributed by atoms with Crippen LogP contribution >= 0.6 is 0 Å². The molecule has 1 amide bonds. The number of anilines is 1. The first-order chi connectivity index (χ1) is 15.9. The van der Waals surface area contributed by atoms with Gasteiger partial charge in [-0.3, -0.25) is 4.79 Å². The standard InChI is InChI=1S/C24H30FN3O4S/c1-32-22-12-11-18(17-23(22)33(30,31)26-19-7-3-2-4-8-19)24(29)28-15-13-27(14-16-28)21-10-6-5-9-20(21)25/h5-6,9-12,17,19,26H,2-4,7-8,13-16H2,1H3. The quantitative estimate of drug-likeness (QED) is 0.693. The molecular weight excluding hydrogens is 445 g/mol. The Kier molecular flexibility index (Phi) is 7.19. The first-order valence-electron chi connectivity index (χ1n) is 11.4. The van der Waals surface area contributed by atoms with Gasteiger partial charge in [-0.2, -0.15) is 0 Å². The Morgan fingerprint density at radius 1 is 1.03 bits per heavy atom. The van der Waals surface area contributed by atoms with Gasteiger partial charge in [-0.15, -0.1) is 0 Å². The molecule has 9 heteroatoms. The lowest BCUT2D eigenvalue weighted by molar-refractivity contribution is 0.0746. The molecule has 1 heterocycles. The highest BCUT2D eigenvalue weighted by atomic mass is 32.2. The van der Waals surface area contributed by atoms with Crippen LogP contribution in [0.15, 0.2) is 47.4 Å². The number of carbonyl (C=O) groups is 1. The van der Waals surface area contributed by atoms with E-state index in [0.717, 1.165) is 32.1 Å². The van der Waals surface area contributed by atoms with Gasteiger partial charge in [-0.1, -0.05) is 31.4 Å². The minimum Gasteiger partial charge on any atom is -0.495 e. The fourth-order valence-corrected chi connectivity index (χ4v) is 6.06. The second kappa shape index (κ2) is 10.1. The fraction of sp³-hybridized carbons (Fsp3) is 0.458. The molecule has 0 radical (unpaired) electrons. The maximum Gasteiger partial charge on any atom is 0.254 e. The van der Waals surface area contributed by atoms with Crippen molar-refractivity contribution in [2.75, 3.05) is 38.2 Å². The second-order valence-electron chi connectivity index (χ2n) is 8.55. The summed E-state index contributed by atoms with van der Waals surface area (Å²) >= 11 is 0. The van der Waals surface area contributed by atoms with E-state index in [1.807, 2.05) is 4.90 Å². The number of rotatable bonds is 6. The highest BCUT2D eigenvalue weighted by Crippen LogP contribution is 2.28. The Balaban J connectivity index is 1.49. The van der Waals surface area contributed by atoms with Crippen molar-refractivity contribution in [3.63, 3.8) is 0 Å². The third-order valence-corrected chi connectivity index (χ3v) is 7.93. The fourth-order valence-electron chi connectivity index (χ4n) is 4.56. The summed E-state index contributed by atoms with van der Waals surface area (Å²) in [4.78, 5) is 16.7. The van der Waals surface area contributed by atoms with Gasteiger partial charge < -0.3 is 14.5 Å². The number of amides is 1. The van der Waals surface area contributed by atoms with Crippen molar-refractivity contribution in [3.8, 4) is 5.75 Å². The Hall–Kier alpha value is -2.65. The first-order valence-corrected chi connectivity index (χ1v) is 12.9. The Morgan fingerprint density at radius 2 is 1.73 bits per heavy atom. The van der Waals surface area contributed by atoms with E-state index < -0.39 is 10.0 Å². The summed E-state index contributed by atoms with van der Waals surface area (Å²) in [5, 5.41) is 0. The molecule has 2 aromatic rings. The number of sulfonamides is 1. The van der Waals surface area contributed by atoms with E-state index >= 15 is 0 Å². The van der Waals surface area contributed by atoms with Gasteiger partial charge in [0, 0.05) is 37.8 Å². The average molecular weight is 476 g/mol. The lowest BCUT2D eigenvalue weighted by Crippen LogP contribution is -2.49. The molecular formula is C24H30FN3O4S. The van der Waals surface area contributed by atoms with Crippen LogP contribution in [0.5, 0.6) is 5.75 Å². The molecule has 1 saturated heterocycles. The van der Waals surface area contributed by atoms with Crippen molar-refractivity contribution < 1.29 is 22.3 Å². The number of ether oxygens (including phenoxy) is 1. The minimum absolute atomic E-state index is 0.0218. The number of hydrogen-bond donors (Lipinski definition) is 1. The largest absolute Gasteiger partial charge is 0.495 e. The maximum absolute atomic E-state index is 14.1. The number of nitrogens with one attached hydrogen (secondary N) is 1. The van der Waals surface area contributed by atoms with Crippen LogP contribution in [0.3, 0.4) is 0 Å². The molecule has 0 spiro atoms. The van der Waals surface area contributed by atoms with Crippen LogP contribution in [0.1, 0.15) is 42.5 Å². The molecule has 0 aromatic heterocycles. The van der Waals surface area contributed by atoms with E-state index in [-0.39, 0.29) is 28.4 Å². The molecule has 1 aliphatic heterocycles. The van der Waals surface area contributed by atoms with Crippen molar-refractivity contribution in [3.05, 3.63) is 53.8 Å². The average Bonchev–Trinajstić information content (AvgIpc) is 2.84. The molecule has 2 aliphatic rings. The van der Waals surface area contributed by atoms with Crippen LogP contribution in [0.25, 0.3) is 0 Å². The Morgan fingerprint density at radius 3 is 2.39 bits per heavy atom. The van der Waals surface area contributed by atoms with Gasteiger partial charge in [-0.05, 0) is 43.2 Å². The van der Waals surface area contributed by atoms with Gasteiger partial charge in [0.1, 0.15) is 16.5 Å². The van der Waals surface area contributed by atoms with Gasteiger partial charge in [0.2, 0.25) is 10.0 Å². The van der Waals surface area contributed by atoms with Crippen molar-refractivity contribution in [1.29, 1.82) is 0 Å². The molecule has 0 unspecified atom stereocenters. The zero-order valence-corrected chi connectivity index (χ0v) is 19.6. The van der Waals surface area contributed by atoms with Gasteiger partial charge in [-0.25, -0.2) is 17.5 Å². The number of carbonyl (C=O) groups excluding carboxylic acids is 1. The van der Waals surface area contributed by atoms with E-state index in [2.05, 4.69) is 4.72 Å². The van der Waals surface area contributed by atoms with Crippen molar-refractivity contribution in [2.45, 2.75) is 43.0 Å². The van der Waals surface area contributed by atoms with Crippen LogP contribution in [-0.4, -0.2) is 58.6 Å². The number of para-hydroxylation sites is 1. The number of halogens is 1. The third-order valence-electron chi connectivity index (χ3n) is 6.39. The van der Waals surface area contributed by atoms with Crippen LogP contribution < -0.4 is 14.4 Å². The molecule has 1 N–H and O–H groups in total. The zero-order chi connectivity index (χ0) is 23.4. The van der Waals surface area contributed by atoms with E-state index in [1.54, 1.807) is 29.2 Å². The van der Waals surface area contributed by atoms with E-state index in [0.29, 0.717) is 37.4 Å². The SMILES string of the molecule is COc1ccc(C(=O)N2CCN(c3ccccc3F)CC2)cc1S(=O)(=O)NC1CCCCC1. The number of methoxy groups -OCH3 is 1. The number of benzene rings is 2. The van der Waals surface area contributed by atoms with Crippen molar-refractivity contribution in [2.24, 2.45) is 0 Å². The van der Waals surface area contributed by atoms with Crippen LogP contribution in [-0.2, 0) is 10.0 Å². The second-order valence-corrected chi connectivity index (χ2v) is 10.2. The summed E-state index contributed by atoms with van der Waals surface area (Å²) in [5.41, 5.74) is 0.815. The van der Waals surface area contributed by atoms with Crippen LogP contribution in [0.4, 0.5) is 10.1 Å². The minimum atomic E-state index is -3.83. The van der Waals surface area contributed by atoms with Crippen molar-refractivity contribution in [1.82, 2.24) is 9.62 Å². The van der Waals surface area contributed by atoms with Crippen LogP contribution in [0.2, 0.25) is 0 Å². The lowest BCUT2D eigenvalue weighted by Gasteiger charge is -2.36. The molecule has 0 bridgehead atoms. The monoisotopic (exact) mass is 475 g/mol. The Bertz CT molecular complexity index is 1090. The summed E-state index contributed by atoms with van der Waals surface area (Å²) in [6.45, 7) is 1.83.